The maximum absolute atomic E-state index is 11.8. The van der Waals surface area contributed by atoms with Crippen LogP contribution in [0.4, 0.5) is 11.8 Å². The van der Waals surface area contributed by atoms with E-state index in [1.54, 1.807) is 13.2 Å². The molecule has 2 rings (SSSR count). The summed E-state index contributed by atoms with van der Waals surface area (Å²) in [6.45, 7) is 4.64. The lowest BCUT2D eigenvalue weighted by molar-refractivity contribution is -0.124. The Hall–Kier alpha value is -1.85. The SMILES string of the molecule is CCCNc1nccc(N2CCCC(C(=O)NC)C2)n1. The first-order valence-electron chi connectivity index (χ1n) is 7.28. The fourth-order valence-corrected chi connectivity index (χ4v) is 2.45. The van der Waals surface area contributed by atoms with Crippen LogP contribution in [0.1, 0.15) is 26.2 Å². The molecule has 1 aliphatic rings. The highest BCUT2D eigenvalue weighted by molar-refractivity contribution is 5.79. The fraction of sp³-hybridized carbons (Fsp3) is 0.643. The Balaban J connectivity index is 2.04. The Morgan fingerprint density at radius 1 is 1.55 bits per heavy atom. The molecular weight excluding hydrogens is 254 g/mol. The predicted molar refractivity (Wildman–Crippen MR) is 79.8 cm³/mol. The molecule has 110 valence electrons. The predicted octanol–water partition coefficient (Wildman–Crippen LogP) is 1.26. The topological polar surface area (TPSA) is 70.2 Å². The van der Waals surface area contributed by atoms with Gasteiger partial charge in [-0.1, -0.05) is 6.92 Å². The van der Waals surface area contributed by atoms with E-state index in [1.165, 1.54) is 0 Å². The normalized spacial score (nSPS) is 18.7. The van der Waals surface area contributed by atoms with Crippen LogP contribution < -0.4 is 15.5 Å². The van der Waals surface area contributed by atoms with Crippen molar-refractivity contribution >= 4 is 17.7 Å². The summed E-state index contributed by atoms with van der Waals surface area (Å²) in [5.74, 6) is 1.72. The molecule has 20 heavy (non-hydrogen) atoms. The van der Waals surface area contributed by atoms with Gasteiger partial charge in [-0.05, 0) is 25.3 Å². The molecule has 1 unspecified atom stereocenters. The van der Waals surface area contributed by atoms with Gasteiger partial charge in [0.05, 0.1) is 5.92 Å². The maximum atomic E-state index is 11.8. The van der Waals surface area contributed by atoms with Gasteiger partial charge in [-0.2, -0.15) is 4.98 Å². The van der Waals surface area contributed by atoms with Crippen molar-refractivity contribution in [1.82, 2.24) is 15.3 Å². The Morgan fingerprint density at radius 3 is 3.15 bits per heavy atom. The summed E-state index contributed by atoms with van der Waals surface area (Å²) < 4.78 is 0. The number of carbonyl (C=O) groups excluding carboxylic acids is 1. The number of rotatable bonds is 5. The summed E-state index contributed by atoms with van der Waals surface area (Å²) in [5.41, 5.74) is 0. The van der Waals surface area contributed by atoms with Crippen LogP contribution in [0.15, 0.2) is 12.3 Å². The van der Waals surface area contributed by atoms with Gasteiger partial charge < -0.3 is 15.5 Å². The van der Waals surface area contributed by atoms with E-state index in [4.69, 9.17) is 0 Å². The minimum absolute atomic E-state index is 0.0516. The van der Waals surface area contributed by atoms with Crippen LogP contribution in [0.3, 0.4) is 0 Å². The Bertz CT molecular complexity index is 451. The van der Waals surface area contributed by atoms with Crippen molar-refractivity contribution in [3.63, 3.8) is 0 Å². The summed E-state index contributed by atoms with van der Waals surface area (Å²) in [6, 6.07) is 1.91. The molecule has 2 heterocycles. The van der Waals surface area contributed by atoms with Gasteiger partial charge in [0, 0.05) is 32.9 Å². The molecule has 0 aliphatic carbocycles. The van der Waals surface area contributed by atoms with E-state index in [2.05, 4.69) is 32.4 Å². The number of amides is 1. The molecule has 0 saturated carbocycles. The zero-order valence-electron chi connectivity index (χ0n) is 12.2. The van der Waals surface area contributed by atoms with Crippen LogP contribution in [-0.4, -0.2) is 42.6 Å². The third kappa shape index (κ3) is 3.59. The van der Waals surface area contributed by atoms with E-state index in [9.17, 15) is 4.79 Å². The second-order valence-electron chi connectivity index (χ2n) is 5.06. The number of nitrogens with one attached hydrogen (secondary N) is 2. The average Bonchev–Trinajstić information content (AvgIpc) is 2.52. The fourth-order valence-electron chi connectivity index (χ4n) is 2.45. The number of carbonyl (C=O) groups is 1. The first-order valence-corrected chi connectivity index (χ1v) is 7.28. The zero-order valence-corrected chi connectivity index (χ0v) is 12.2. The van der Waals surface area contributed by atoms with E-state index in [0.29, 0.717) is 5.95 Å². The first kappa shape index (κ1) is 14.6. The molecule has 1 saturated heterocycles. The Kier molecular flexibility index (Phi) is 5.15. The molecule has 1 aromatic rings. The summed E-state index contributed by atoms with van der Waals surface area (Å²) in [4.78, 5) is 22.7. The minimum Gasteiger partial charge on any atom is -0.359 e. The van der Waals surface area contributed by atoms with E-state index in [-0.39, 0.29) is 11.8 Å². The molecule has 1 aromatic heterocycles. The molecule has 0 aromatic carbocycles. The van der Waals surface area contributed by atoms with Gasteiger partial charge in [0.15, 0.2) is 0 Å². The van der Waals surface area contributed by atoms with E-state index < -0.39 is 0 Å². The van der Waals surface area contributed by atoms with Crippen LogP contribution >= 0.6 is 0 Å². The van der Waals surface area contributed by atoms with Gasteiger partial charge in [0.25, 0.3) is 0 Å². The highest BCUT2D eigenvalue weighted by atomic mass is 16.1. The first-order chi connectivity index (χ1) is 9.74. The van der Waals surface area contributed by atoms with Crippen molar-refractivity contribution in [1.29, 1.82) is 0 Å². The van der Waals surface area contributed by atoms with E-state index in [0.717, 1.165) is 44.7 Å². The average molecular weight is 277 g/mol. The molecule has 1 atom stereocenters. The number of hydrogen-bond donors (Lipinski definition) is 2. The van der Waals surface area contributed by atoms with Crippen LogP contribution in [-0.2, 0) is 4.79 Å². The summed E-state index contributed by atoms with van der Waals surface area (Å²) >= 11 is 0. The van der Waals surface area contributed by atoms with Gasteiger partial charge >= 0.3 is 0 Å². The van der Waals surface area contributed by atoms with Crippen LogP contribution in [0, 0.1) is 5.92 Å². The van der Waals surface area contributed by atoms with Crippen molar-refractivity contribution in [3.05, 3.63) is 12.3 Å². The zero-order chi connectivity index (χ0) is 14.4. The minimum atomic E-state index is 0.0516. The van der Waals surface area contributed by atoms with E-state index >= 15 is 0 Å². The molecule has 0 spiro atoms. The monoisotopic (exact) mass is 277 g/mol. The Labute approximate surface area is 120 Å². The number of piperidine rings is 1. The highest BCUT2D eigenvalue weighted by Gasteiger charge is 2.25. The second kappa shape index (κ2) is 7.07. The lowest BCUT2D eigenvalue weighted by Crippen LogP contribution is -2.42. The lowest BCUT2D eigenvalue weighted by atomic mass is 9.97. The molecule has 1 aliphatic heterocycles. The smallest absolute Gasteiger partial charge is 0.224 e. The number of nitrogens with zero attached hydrogens (tertiary/aromatic N) is 3. The van der Waals surface area contributed by atoms with Crippen molar-refractivity contribution < 1.29 is 4.79 Å². The van der Waals surface area contributed by atoms with Crippen LogP contribution in [0.2, 0.25) is 0 Å². The van der Waals surface area contributed by atoms with Gasteiger partial charge in [0.1, 0.15) is 5.82 Å². The maximum Gasteiger partial charge on any atom is 0.224 e. The quantitative estimate of drug-likeness (QED) is 0.848. The molecule has 6 nitrogen and oxygen atoms in total. The number of hydrogen-bond acceptors (Lipinski definition) is 5. The van der Waals surface area contributed by atoms with Gasteiger partial charge in [-0.3, -0.25) is 4.79 Å². The third-order valence-corrected chi connectivity index (χ3v) is 3.54. The van der Waals surface area contributed by atoms with E-state index in [1.807, 2.05) is 6.07 Å². The third-order valence-electron chi connectivity index (χ3n) is 3.54. The molecule has 2 N–H and O–H groups in total. The molecule has 1 amide bonds. The van der Waals surface area contributed by atoms with Crippen LogP contribution in [0.25, 0.3) is 0 Å². The summed E-state index contributed by atoms with van der Waals surface area (Å²) in [5, 5.41) is 5.93. The number of aromatic nitrogens is 2. The second-order valence-corrected chi connectivity index (χ2v) is 5.06. The summed E-state index contributed by atoms with van der Waals surface area (Å²) in [6.07, 6.45) is 4.77. The van der Waals surface area contributed by atoms with Crippen molar-refractivity contribution in [3.8, 4) is 0 Å². The largest absolute Gasteiger partial charge is 0.359 e. The molecule has 6 heteroatoms. The molecule has 1 fully saturated rings. The van der Waals surface area contributed by atoms with Crippen molar-refractivity contribution in [2.45, 2.75) is 26.2 Å². The van der Waals surface area contributed by atoms with Crippen molar-refractivity contribution in [2.75, 3.05) is 36.9 Å². The standard InChI is InChI=1S/C14H23N5O/c1-3-7-16-14-17-8-6-12(18-14)19-9-4-5-11(10-19)13(20)15-2/h6,8,11H,3-5,7,9-10H2,1-2H3,(H,15,20)(H,16,17,18). The molecular formula is C14H23N5O. The Morgan fingerprint density at radius 2 is 2.40 bits per heavy atom. The van der Waals surface area contributed by atoms with Gasteiger partial charge in [0.2, 0.25) is 11.9 Å². The molecule has 0 bridgehead atoms. The highest BCUT2D eigenvalue weighted by Crippen LogP contribution is 2.22. The van der Waals surface area contributed by atoms with Crippen molar-refractivity contribution in [2.24, 2.45) is 5.92 Å². The lowest BCUT2D eigenvalue weighted by Gasteiger charge is -2.32. The summed E-state index contributed by atoms with van der Waals surface area (Å²) in [7, 11) is 1.69. The number of anilines is 2. The van der Waals surface area contributed by atoms with Gasteiger partial charge in [-0.15, -0.1) is 0 Å². The van der Waals surface area contributed by atoms with Gasteiger partial charge in [-0.25, -0.2) is 4.98 Å². The molecule has 0 radical (unpaired) electrons. The van der Waals surface area contributed by atoms with Crippen LogP contribution in [0.5, 0.6) is 0 Å².